The highest BCUT2D eigenvalue weighted by Gasteiger charge is 2.26. The summed E-state index contributed by atoms with van der Waals surface area (Å²) in [5, 5.41) is 16.9. The minimum Gasteiger partial charge on any atom is -0.360 e. The fraction of sp³-hybridized carbons (Fsp3) is 0.538. The van der Waals surface area contributed by atoms with Crippen LogP contribution < -0.4 is 0 Å². The number of nitrogens with zero attached hydrogens (tertiary/aromatic N) is 4. The van der Waals surface area contributed by atoms with Gasteiger partial charge >= 0.3 is 0 Å². The number of amides is 1. The van der Waals surface area contributed by atoms with Gasteiger partial charge in [0.25, 0.3) is 5.91 Å². The molecule has 0 radical (unpaired) electrons. The Morgan fingerprint density at radius 1 is 1.63 bits per heavy atom. The molecule has 1 unspecified atom stereocenters. The molecular weight excluding hydrogens is 244 g/mol. The zero-order chi connectivity index (χ0) is 13.8. The Balaban J connectivity index is 2.24. The Morgan fingerprint density at radius 3 is 3.11 bits per heavy atom. The molecule has 1 aromatic heterocycles. The molecule has 0 spiro atoms. The molecule has 1 aromatic rings. The van der Waals surface area contributed by atoms with Gasteiger partial charge in [-0.05, 0) is 19.4 Å². The number of ether oxygens (including phenoxy) is 1. The monoisotopic (exact) mass is 260 g/mol. The number of aryl methyl sites for hydroxylation is 2. The molecule has 0 saturated carbocycles. The molecule has 1 atom stereocenters. The van der Waals surface area contributed by atoms with E-state index in [1.54, 1.807) is 17.9 Å². The molecule has 1 saturated heterocycles. The van der Waals surface area contributed by atoms with Crippen LogP contribution >= 0.6 is 0 Å². The minimum atomic E-state index is -0.543. The van der Waals surface area contributed by atoms with Crippen molar-refractivity contribution in [2.24, 2.45) is 0 Å². The average Bonchev–Trinajstić information content (AvgIpc) is 2.46. The first-order valence-electron chi connectivity index (χ1n) is 6.29. The van der Waals surface area contributed by atoms with E-state index in [2.05, 4.69) is 10.2 Å². The number of hydrogen-bond donors (Lipinski definition) is 0. The Labute approximate surface area is 112 Å². The van der Waals surface area contributed by atoms with E-state index in [1.807, 2.05) is 13.0 Å². The van der Waals surface area contributed by atoms with E-state index >= 15 is 0 Å². The Morgan fingerprint density at radius 2 is 2.42 bits per heavy atom. The van der Waals surface area contributed by atoms with E-state index in [1.165, 1.54) is 0 Å². The van der Waals surface area contributed by atoms with Crippen LogP contribution in [0.2, 0.25) is 0 Å². The molecule has 2 rings (SSSR count). The first-order valence-corrected chi connectivity index (χ1v) is 6.29. The van der Waals surface area contributed by atoms with Gasteiger partial charge < -0.3 is 9.64 Å². The van der Waals surface area contributed by atoms with Crippen molar-refractivity contribution in [2.75, 3.05) is 19.7 Å². The van der Waals surface area contributed by atoms with Crippen LogP contribution in [0.15, 0.2) is 6.07 Å². The molecule has 1 aliphatic heterocycles. The molecular formula is C13H16N4O2. The van der Waals surface area contributed by atoms with Gasteiger partial charge in [-0.2, -0.15) is 15.5 Å². The quantitative estimate of drug-likeness (QED) is 0.782. The highest BCUT2D eigenvalue weighted by atomic mass is 16.5. The van der Waals surface area contributed by atoms with Crippen molar-refractivity contribution in [1.29, 1.82) is 5.26 Å². The fourth-order valence-electron chi connectivity index (χ4n) is 2.04. The number of morpholine rings is 1. The van der Waals surface area contributed by atoms with Gasteiger partial charge in [-0.25, -0.2) is 0 Å². The summed E-state index contributed by atoms with van der Waals surface area (Å²) in [5.41, 5.74) is 1.98. The van der Waals surface area contributed by atoms with Crippen molar-refractivity contribution in [3.63, 3.8) is 0 Å². The second-order valence-electron chi connectivity index (χ2n) is 4.44. The maximum absolute atomic E-state index is 12.5. The molecule has 6 nitrogen and oxygen atoms in total. The van der Waals surface area contributed by atoms with Gasteiger partial charge in [-0.15, -0.1) is 0 Å². The Hall–Kier alpha value is -2.00. The second kappa shape index (κ2) is 5.76. The highest BCUT2D eigenvalue weighted by molar-refractivity contribution is 5.95. The van der Waals surface area contributed by atoms with Crippen LogP contribution in [0, 0.1) is 18.3 Å². The van der Waals surface area contributed by atoms with Gasteiger partial charge in [0.2, 0.25) is 0 Å². The van der Waals surface area contributed by atoms with E-state index in [0.717, 1.165) is 0 Å². The summed E-state index contributed by atoms with van der Waals surface area (Å²) in [4.78, 5) is 14.1. The second-order valence-corrected chi connectivity index (χ2v) is 4.44. The number of carbonyl (C=O) groups excluding carboxylic acids is 1. The molecule has 0 N–H and O–H groups in total. The van der Waals surface area contributed by atoms with Crippen molar-refractivity contribution in [2.45, 2.75) is 26.4 Å². The normalized spacial score (nSPS) is 19.0. The molecule has 1 aliphatic rings. The van der Waals surface area contributed by atoms with E-state index < -0.39 is 6.10 Å². The summed E-state index contributed by atoms with van der Waals surface area (Å²) < 4.78 is 5.24. The number of nitriles is 1. The topological polar surface area (TPSA) is 79.1 Å². The number of aromatic nitrogens is 2. The molecule has 0 aliphatic carbocycles. The molecule has 1 amide bonds. The van der Waals surface area contributed by atoms with Crippen LogP contribution in [0.3, 0.4) is 0 Å². The van der Waals surface area contributed by atoms with Gasteiger partial charge in [-0.3, -0.25) is 4.79 Å². The van der Waals surface area contributed by atoms with E-state index in [4.69, 9.17) is 10.00 Å². The van der Waals surface area contributed by atoms with Gasteiger partial charge in [0.05, 0.1) is 36.2 Å². The number of hydrogen-bond acceptors (Lipinski definition) is 5. The molecule has 19 heavy (non-hydrogen) atoms. The molecule has 0 bridgehead atoms. The fourth-order valence-corrected chi connectivity index (χ4v) is 2.04. The SMILES string of the molecule is CCc1nnc(C)cc1C(=O)N1CCOC(C#N)C1. The van der Waals surface area contributed by atoms with Crippen LogP contribution in [-0.2, 0) is 11.2 Å². The smallest absolute Gasteiger partial charge is 0.256 e. The first-order chi connectivity index (χ1) is 9.15. The lowest BCUT2D eigenvalue weighted by atomic mass is 10.1. The maximum atomic E-state index is 12.5. The summed E-state index contributed by atoms with van der Waals surface area (Å²) >= 11 is 0. The van der Waals surface area contributed by atoms with Gasteiger partial charge in [-0.1, -0.05) is 6.92 Å². The van der Waals surface area contributed by atoms with Crippen molar-refractivity contribution in [3.8, 4) is 6.07 Å². The zero-order valence-corrected chi connectivity index (χ0v) is 11.1. The van der Waals surface area contributed by atoms with Crippen LogP contribution in [0.5, 0.6) is 0 Å². The van der Waals surface area contributed by atoms with Gasteiger partial charge in [0.1, 0.15) is 0 Å². The van der Waals surface area contributed by atoms with Gasteiger partial charge in [0.15, 0.2) is 6.10 Å². The van der Waals surface area contributed by atoms with Crippen molar-refractivity contribution < 1.29 is 9.53 Å². The van der Waals surface area contributed by atoms with Gasteiger partial charge in [0, 0.05) is 6.54 Å². The lowest BCUT2D eigenvalue weighted by molar-refractivity contribution is 0.00338. The summed E-state index contributed by atoms with van der Waals surface area (Å²) in [5.74, 6) is -0.0987. The third kappa shape index (κ3) is 2.88. The predicted molar refractivity (Wildman–Crippen MR) is 67.4 cm³/mol. The third-order valence-corrected chi connectivity index (χ3v) is 3.06. The summed E-state index contributed by atoms with van der Waals surface area (Å²) in [7, 11) is 0. The molecule has 6 heteroatoms. The molecule has 0 aromatic carbocycles. The molecule has 1 fully saturated rings. The maximum Gasteiger partial charge on any atom is 0.256 e. The summed E-state index contributed by atoms with van der Waals surface area (Å²) in [6.45, 7) is 4.94. The van der Waals surface area contributed by atoms with Crippen LogP contribution in [0.1, 0.15) is 28.7 Å². The molecule has 100 valence electrons. The lowest BCUT2D eigenvalue weighted by Crippen LogP contribution is -2.45. The van der Waals surface area contributed by atoms with Crippen molar-refractivity contribution in [3.05, 3.63) is 23.0 Å². The largest absolute Gasteiger partial charge is 0.360 e. The molecule has 2 heterocycles. The summed E-state index contributed by atoms with van der Waals surface area (Å²) in [6, 6.07) is 3.79. The average molecular weight is 260 g/mol. The number of carbonyl (C=O) groups is 1. The number of rotatable bonds is 2. The Kier molecular flexibility index (Phi) is 4.07. The minimum absolute atomic E-state index is 0.0987. The van der Waals surface area contributed by atoms with E-state index in [0.29, 0.717) is 43.1 Å². The lowest BCUT2D eigenvalue weighted by Gasteiger charge is -2.30. The zero-order valence-electron chi connectivity index (χ0n) is 11.1. The first kappa shape index (κ1) is 13.4. The van der Waals surface area contributed by atoms with Crippen LogP contribution in [0.25, 0.3) is 0 Å². The van der Waals surface area contributed by atoms with Crippen molar-refractivity contribution in [1.82, 2.24) is 15.1 Å². The third-order valence-electron chi connectivity index (χ3n) is 3.06. The highest BCUT2D eigenvalue weighted by Crippen LogP contribution is 2.14. The standard InChI is InChI=1S/C13H16N4O2/c1-3-12-11(6-9(2)15-16-12)13(18)17-4-5-19-10(7-14)8-17/h6,10H,3-5,8H2,1-2H3. The van der Waals surface area contributed by atoms with E-state index in [9.17, 15) is 4.79 Å². The van der Waals surface area contributed by atoms with Crippen LogP contribution in [0.4, 0.5) is 0 Å². The Bertz CT molecular complexity index is 524. The van der Waals surface area contributed by atoms with Crippen molar-refractivity contribution >= 4 is 5.91 Å². The summed E-state index contributed by atoms with van der Waals surface area (Å²) in [6.07, 6.45) is 0.110. The predicted octanol–water partition coefficient (Wildman–Crippen LogP) is 0.712. The van der Waals surface area contributed by atoms with Crippen LogP contribution in [-0.4, -0.2) is 46.8 Å². The van der Waals surface area contributed by atoms with E-state index in [-0.39, 0.29) is 5.91 Å².